The molecule has 0 bridgehead atoms. The number of hydrogen-bond donors (Lipinski definition) is 1. The van der Waals surface area contributed by atoms with E-state index in [0.29, 0.717) is 6.61 Å². The van der Waals surface area contributed by atoms with Gasteiger partial charge in [-0.1, -0.05) is 6.08 Å². The molecule has 1 aliphatic carbocycles. The molecule has 0 aromatic carbocycles. The van der Waals surface area contributed by atoms with Crippen LogP contribution in [0, 0.1) is 0 Å². The highest BCUT2D eigenvalue weighted by Gasteiger charge is 2.04. The first-order chi connectivity index (χ1) is 5.29. The topological polar surface area (TPSA) is 52.3 Å². The summed E-state index contributed by atoms with van der Waals surface area (Å²) < 4.78 is 4.65. The molecule has 0 atom stereocenters. The lowest BCUT2D eigenvalue weighted by atomic mass is 10.0. The fraction of sp³-hybridized carbons (Fsp3) is 0.625. The highest BCUT2D eigenvalue weighted by molar-refractivity contribution is 5.64. The molecule has 0 saturated heterocycles. The van der Waals surface area contributed by atoms with E-state index < -0.39 is 6.09 Å². The van der Waals surface area contributed by atoms with Crippen LogP contribution in [0.1, 0.15) is 25.7 Å². The molecule has 0 fully saturated rings. The highest BCUT2D eigenvalue weighted by Crippen LogP contribution is 2.16. The van der Waals surface area contributed by atoms with E-state index in [9.17, 15) is 4.79 Å². The monoisotopic (exact) mass is 155 g/mol. The van der Waals surface area contributed by atoms with Gasteiger partial charge in [0.1, 0.15) is 6.61 Å². The molecule has 3 heteroatoms. The van der Waals surface area contributed by atoms with Gasteiger partial charge in [0, 0.05) is 0 Å². The lowest BCUT2D eigenvalue weighted by Crippen LogP contribution is -2.15. The minimum absolute atomic E-state index is 0.384. The minimum atomic E-state index is -0.684. The SMILES string of the molecule is NC(=O)OCC1=CCCCC1. The Bertz CT molecular complexity index is 175. The summed E-state index contributed by atoms with van der Waals surface area (Å²) in [7, 11) is 0. The standard InChI is InChI=1S/C8H13NO2/c9-8(10)11-6-7-4-2-1-3-5-7/h4H,1-3,5-6H2,(H2,9,10). The van der Waals surface area contributed by atoms with Crippen molar-refractivity contribution in [2.75, 3.05) is 6.61 Å². The van der Waals surface area contributed by atoms with Crippen molar-refractivity contribution in [3.05, 3.63) is 11.6 Å². The summed E-state index contributed by atoms with van der Waals surface area (Å²) in [5.74, 6) is 0. The lowest BCUT2D eigenvalue weighted by molar-refractivity contribution is 0.165. The summed E-state index contributed by atoms with van der Waals surface area (Å²) in [6, 6.07) is 0. The molecule has 0 aromatic rings. The molecular weight excluding hydrogens is 142 g/mol. The first kappa shape index (κ1) is 8.11. The zero-order valence-electron chi connectivity index (χ0n) is 6.51. The molecule has 0 saturated carbocycles. The molecule has 3 nitrogen and oxygen atoms in total. The van der Waals surface area contributed by atoms with E-state index in [-0.39, 0.29) is 0 Å². The first-order valence-electron chi connectivity index (χ1n) is 3.89. The number of amides is 1. The lowest BCUT2D eigenvalue weighted by Gasteiger charge is -2.11. The van der Waals surface area contributed by atoms with E-state index in [1.807, 2.05) is 0 Å². The van der Waals surface area contributed by atoms with Crippen molar-refractivity contribution in [2.24, 2.45) is 5.73 Å². The molecule has 0 heterocycles. The number of allylic oxidation sites excluding steroid dienone is 1. The predicted molar refractivity (Wildman–Crippen MR) is 42.1 cm³/mol. The van der Waals surface area contributed by atoms with Crippen LogP contribution in [-0.2, 0) is 4.74 Å². The smallest absolute Gasteiger partial charge is 0.404 e. The summed E-state index contributed by atoms with van der Waals surface area (Å²) in [5.41, 5.74) is 6.02. The number of nitrogens with two attached hydrogens (primary N) is 1. The van der Waals surface area contributed by atoms with Crippen molar-refractivity contribution in [1.29, 1.82) is 0 Å². The van der Waals surface area contributed by atoms with E-state index in [1.165, 1.54) is 18.4 Å². The van der Waals surface area contributed by atoms with E-state index in [4.69, 9.17) is 5.73 Å². The number of hydrogen-bond acceptors (Lipinski definition) is 2. The van der Waals surface area contributed by atoms with Crippen LogP contribution < -0.4 is 5.73 Å². The first-order valence-corrected chi connectivity index (χ1v) is 3.89. The number of ether oxygens (including phenoxy) is 1. The molecule has 1 rings (SSSR count). The Morgan fingerprint density at radius 3 is 3.00 bits per heavy atom. The van der Waals surface area contributed by atoms with Gasteiger partial charge >= 0.3 is 6.09 Å². The van der Waals surface area contributed by atoms with Crippen LogP contribution in [0.4, 0.5) is 4.79 Å². The summed E-state index contributed by atoms with van der Waals surface area (Å²) in [6.07, 6.45) is 6.06. The Hall–Kier alpha value is -0.990. The van der Waals surface area contributed by atoms with Gasteiger partial charge in [0.05, 0.1) is 0 Å². The third-order valence-electron chi connectivity index (χ3n) is 1.78. The molecule has 11 heavy (non-hydrogen) atoms. The van der Waals surface area contributed by atoms with Crippen LogP contribution >= 0.6 is 0 Å². The van der Waals surface area contributed by atoms with E-state index >= 15 is 0 Å². The van der Waals surface area contributed by atoms with Crippen LogP contribution in [0.5, 0.6) is 0 Å². The highest BCUT2D eigenvalue weighted by atomic mass is 16.5. The minimum Gasteiger partial charge on any atom is -0.445 e. The van der Waals surface area contributed by atoms with Gasteiger partial charge in [-0.3, -0.25) is 0 Å². The Balaban J connectivity index is 2.24. The van der Waals surface area contributed by atoms with Gasteiger partial charge in [-0.05, 0) is 31.3 Å². The maximum atomic E-state index is 10.2. The van der Waals surface area contributed by atoms with Gasteiger partial charge < -0.3 is 10.5 Å². The maximum absolute atomic E-state index is 10.2. The molecular formula is C8H13NO2. The third kappa shape index (κ3) is 3.07. The van der Waals surface area contributed by atoms with Crippen molar-refractivity contribution in [3.63, 3.8) is 0 Å². The van der Waals surface area contributed by atoms with Crippen LogP contribution in [0.25, 0.3) is 0 Å². The number of primary amides is 1. The second kappa shape index (κ2) is 4.01. The number of carbonyl (C=O) groups is 1. The molecule has 62 valence electrons. The predicted octanol–water partition coefficient (Wildman–Crippen LogP) is 1.58. The molecule has 0 radical (unpaired) electrons. The fourth-order valence-electron chi connectivity index (χ4n) is 1.20. The third-order valence-corrected chi connectivity index (χ3v) is 1.78. The quantitative estimate of drug-likeness (QED) is 0.615. The van der Waals surface area contributed by atoms with Gasteiger partial charge in [0.15, 0.2) is 0 Å². The second-order valence-electron chi connectivity index (χ2n) is 2.72. The summed E-state index contributed by atoms with van der Waals surface area (Å²) in [5, 5.41) is 0. The van der Waals surface area contributed by atoms with Crippen molar-refractivity contribution in [1.82, 2.24) is 0 Å². The van der Waals surface area contributed by atoms with Crippen LogP contribution in [-0.4, -0.2) is 12.7 Å². The Morgan fingerprint density at radius 1 is 1.64 bits per heavy atom. The Labute approximate surface area is 66.2 Å². The number of rotatable bonds is 2. The van der Waals surface area contributed by atoms with Gasteiger partial charge in [-0.15, -0.1) is 0 Å². The van der Waals surface area contributed by atoms with Gasteiger partial charge in [-0.25, -0.2) is 4.79 Å². The van der Waals surface area contributed by atoms with Crippen molar-refractivity contribution < 1.29 is 9.53 Å². The molecule has 0 aromatic heterocycles. The molecule has 2 N–H and O–H groups in total. The normalized spacial score (nSPS) is 17.3. The summed E-state index contributed by atoms with van der Waals surface area (Å²) in [4.78, 5) is 10.2. The molecule has 0 unspecified atom stereocenters. The molecule has 1 aliphatic rings. The molecule has 0 aliphatic heterocycles. The summed E-state index contributed by atoms with van der Waals surface area (Å²) in [6.45, 7) is 0.384. The fourth-order valence-corrected chi connectivity index (χ4v) is 1.20. The van der Waals surface area contributed by atoms with Crippen LogP contribution in [0.2, 0.25) is 0 Å². The van der Waals surface area contributed by atoms with Crippen LogP contribution in [0.3, 0.4) is 0 Å². The second-order valence-corrected chi connectivity index (χ2v) is 2.72. The van der Waals surface area contributed by atoms with Gasteiger partial charge in [-0.2, -0.15) is 0 Å². The average molecular weight is 155 g/mol. The van der Waals surface area contributed by atoms with Crippen LogP contribution in [0.15, 0.2) is 11.6 Å². The van der Waals surface area contributed by atoms with E-state index in [2.05, 4.69) is 10.8 Å². The van der Waals surface area contributed by atoms with Crippen molar-refractivity contribution in [2.45, 2.75) is 25.7 Å². The number of carbonyl (C=O) groups excluding carboxylic acids is 1. The van der Waals surface area contributed by atoms with Gasteiger partial charge in [0.25, 0.3) is 0 Å². The Morgan fingerprint density at radius 2 is 2.45 bits per heavy atom. The van der Waals surface area contributed by atoms with Crippen molar-refractivity contribution >= 4 is 6.09 Å². The average Bonchev–Trinajstić information content (AvgIpc) is 2.03. The molecule has 0 spiro atoms. The summed E-state index contributed by atoms with van der Waals surface area (Å²) >= 11 is 0. The maximum Gasteiger partial charge on any atom is 0.404 e. The Kier molecular flexibility index (Phi) is 2.95. The van der Waals surface area contributed by atoms with Gasteiger partial charge in [0.2, 0.25) is 0 Å². The van der Waals surface area contributed by atoms with Crippen molar-refractivity contribution in [3.8, 4) is 0 Å². The van der Waals surface area contributed by atoms with E-state index in [0.717, 1.165) is 12.8 Å². The molecule has 1 amide bonds. The van der Waals surface area contributed by atoms with E-state index in [1.54, 1.807) is 0 Å². The zero-order chi connectivity index (χ0) is 8.10. The zero-order valence-corrected chi connectivity index (χ0v) is 6.51. The largest absolute Gasteiger partial charge is 0.445 e.